The van der Waals surface area contributed by atoms with Crippen LogP contribution < -0.4 is 15.8 Å². The summed E-state index contributed by atoms with van der Waals surface area (Å²) >= 11 is 0. The van der Waals surface area contributed by atoms with Gasteiger partial charge in [0, 0.05) is 12.1 Å². The third kappa shape index (κ3) is 9.89. The number of nitrogens with two attached hydrogens (primary N) is 1. The average molecular weight is 479 g/mol. The van der Waals surface area contributed by atoms with Crippen LogP contribution in [0.5, 0.6) is 5.75 Å². The summed E-state index contributed by atoms with van der Waals surface area (Å²) in [7, 11) is 0. The van der Waals surface area contributed by atoms with Gasteiger partial charge in [0.15, 0.2) is 0 Å². The van der Waals surface area contributed by atoms with Crippen molar-refractivity contribution in [2.24, 2.45) is 5.73 Å². The van der Waals surface area contributed by atoms with E-state index in [-0.39, 0.29) is 31.2 Å². The van der Waals surface area contributed by atoms with Gasteiger partial charge in [0.25, 0.3) is 0 Å². The zero-order valence-corrected chi connectivity index (χ0v) is 21.0. The Morgan fingerprint density at radius 2 is 1.85 bits per heavy atom. The van der Waals surface area contributed by atoms with Crippen molar-refractivity contribution in [1.29, 1.82) is 0 Å². The van der Waals surface area contributed by atoms with Crippen molar-refractivity contribution in [2.45, 2.75) is 102 Å². The van der Waals surface area contributed by atoms with Crippen LogP contribution in [0.25, 0.3) is 0 Å². The minimum absolute atomic E-state index is 0.0169. The van der Waals surface area contributed by atoms with E-state index in [4.69, 9.17) is 25.1 Å². The van der Waals surface area contributed by atoms with Gasteiger partial charge < -0.3 is 30.4 Å². The number of amides is 1. The molecular weight excluding hydrogens is 436 g/mol. The fraction of sp³-hybridized carbons (Fsp3) is 0.692. The second kappa shape index (κ2) is 13.5. The zero-order chi connectivity index (χ0) is 25.1. The molecule has 2 atom stereocenters. The highest BCUT2D eigenvalue weighted by Crippen LogP contribution is 2.38. The summed E-state index contributed by atoms with van der Waals surface area (Å²) in [5, 5.41) is 11.8. The van der Waals surface area contributed by atoms with E-state index in [2.05, 4.69) is 18.3 Å². The topological polar surface area (TPSA) is 120 Å². The molecule has 0 spiro atoms. The standard InChI is InChI=1S/C26H42N2O6/c1-5-8-22(28-25(31)34-26(2,3)4)21(27)17-33-19-13-11-18(12-14-19)20-9-6-7-10-23(20)32-16-15-24(29)30/h6-7,9-10,18-19,21-22H,5,8,11-17,27H2,1-4H3,(H,28,31)(H,29,30)/t18-,19+,21?,22?. The Labute approximate surface area is 203 Å². The lowest BCUT2D eigenvalue weighted by Gasteiger charge is -2.32. The Morgan fingerprint density at radius 3 is 2.47 bits per heavy atom. The number of carbonyl (C=O) groups excluding carboxylic acids is 1. The van der Waals surface area contributed by atoms with E-state index < -0.39 is 17.7 Å². The highest BCUT2D eigenvalue weighted by Gasteiger charge is 2.27. The van der Waals surface area contributed by atoms with E-state index in [0.717, 1.165) is 49.8 Å². The van der Waals surface area contributed by atoms with Crippen LogP contribution in [0.4, 0.5) is 4.79 Å². The molecule has 2 unspecified atom stereocenters. The van der Waals surface area contributed by atoms with Crippen molar-refractivity contribution in [3.8, 4) is 5.75 Å². The summed E-state index contributed by atoms with van der Waals surface area (Å²) in [6, 6.07) is 7.36. The molecule has 0 heterocycles. The molecule has 192 valence electrons. The molecule has 2 rings (SSSR count). The van der Waals surface area contributed by atoms with E-state index in [0.29, 0.717) is 12.5 Å². The number of alkyl carbamates (subject to hydrolysis) is 1. The second-order valence-corrected chi connectivity index (χ2v) is 10.0. The van der Waals surface area contributed by atoms with Gasteiger partial charge >= 0.3 is 12.1 Å². The molecule has 8 heteroatoms. The van der Waals surface area contributed by atoms with Crippen molar-refractivity contribution in [2.75, 3.05) is 13.2 Å². The molecule has 1 aliphatic rings. The van der Waals surface area contributed by atoms with Gasteiger partial charge in [0.2, 0.25) is 0 Å². The van der Waals surface area contributed by atoms with Gasteiger partial charge in [-0.2, -0.15) is 0 Å². The number of carboxylic acid groups (broad SMARTS) is 1. The van der Waals surface area contributed by atoms with Crippen molar-refractivity contribution in [3.05, 3.63) is 29.8 Å². The van der Waals surface area contributed by atoms with E-state index in [1.807, 2.05) is 39.0 Å². The summed E-state index contributed by atoms with van der Waals surface area (Å²) in [6.45, 7) is 8.11. The molecular formula is C26H42N2O6. The van der Waals surface area contributed by atoms with Gasteiger partial charge in [-0.25, -0.2) is 4.79 Å². The lowest BCUT2D eigenvalue weighted by Crippen LogP contribution is -2.51. The molecule has 1 aliphatic carbocycles. The third-order valence-corrected chi connectivity index (χ3v) is 5.95. The predicted octanol–water partition coefficient (Wildman–Crippen LogP) is 4.60. The minimum atomic E-state index is -0.865. The van der Waals surface area contributed by atoms with Gasteiger partial charge in [0.05, 0.1) is 25.7 Å². The smallest absolute Gasteiger partial charge is 0.407 e. The number of rotatable bonds is 12. The average Bonchev–Trinajstić information content (AvgIpc) is 2.76. The van der Waals surface area contributed by atoms with Crippen LogP contribution in [0.3, 0.4) is 0 Å². The Morgan fingerprint density at radius 1 is 1.18 bits per heavy atom. The molecule has 1 aromatic rings. The SMILES string of the molecule is CCCC(NC(=O)OC(C)(C)C)C(N)CO[C@H]1CC[C@@H](c2ccccc2OCCC(=O)O)CC1. The van der Waals surface area contributed by atoms with Crippen LogP contribution in [-0.4, -0.2) is 54.2 Å². The summed E-state index contributed by atoms with van der Waals surface area (Å²) in [5.41, 5.74) is 6.96. The fourth-order valence-electron chi connectivity index (χ4n) is 4.26. The van der Waals surface area contributed by atoms with Gasteiger partial charge in [0.1, 0.15) is 11.4 Å². The number of nitrogens with one attached hydrogen (secondary N) is 1. The van der Waals surface area contributed by atoms with E-state index in [1.54, 1.807) is 0 Å². The van der Waals surface area contributed by atoms with Crippen LogP contribution >= 0.6 is 0 Å². The molecule has 1 aromatic carbocycles. The van der Waals surface area contributed by atoms with Crippen molar-refractivity contribution >= 4 is 12.1 Å². The van der Waals surface area contributed by atoms with E-state index >= 15 is 0 Å². The molecule has 1 fully saturated rings. The first-order valence-corrected chi connectivity index (χ1v) is 12.4. The number of aliphatic carboxylic acids is 1. The number of para-hydroxylation sites is 1. The first kappa shape index (κ1) is 27.9. The molecule has 0 radical (unpaired) electrons. The van der Waals surface area contributed by atoms with Gasteiger partial charge in [-0.1, -0.05) is 31.5 Å². The normalized spacial score (nSPS) is 20.3. The first-order chi connectivity index (χ1) is 16.1. The molecule has 8 nitrogen and oxygen atoms in total. The highest BCUT2D eigenvalue weighted by molar-refractivity contribution is 5.68. The van der Waals surface area contributed by atoms with Crippen LogP contribution in [0.2, 0.25) is 0 Å². The van der Waals surface area contributed by atoms with Gasteiger partial charge in [-0.15, -0.1) is 0 Å². The van der Waals surface area contributed by atoms with Crippen molar-refractivity contribution < 1.29 is 28.9 Å². The molecule has 0 aliphatic heterocycles. The summed E-state index contributed by atoms with van der Waals surface area (Å²) in [6.07, 6.45) is 5.08. The second-order valence-electron chi connectivity index (χ2n) is 10.0. The first-order valence-electron chi connectivity index (χ1n) is 12.4. The minimum Gasteiger partial charge on any atom is -0.493 e. The quantitative estimate of drug-likeness (QED) is 0.401. The van der Waals surface area contributed by atoms with Crippen LogP contribution in [0, 0.1) is 0 Å². The molecule has 0 bridgehead atoms. The van der Waals surface area contributed by atoms with Gasteiger partial charge in [-0.3, -0.25) is 4.79 Å². The number of benzene rings is 1. The Bertz CT molecular complexity index is 771. The third-order valence-electron chi connectivity index (χ3n) is 5.95. The maximum Gasteiger partial charge on any atom is 0.407 e. The Kier molecular flexibility index (Phi) is 11.1. The maximum absolute atomic E-state index is 12.2. The van der Waals surface area contributed by atoms with Crippen molar-refractivity contribution in [3.63, 3.8) is 0 Å². The maximum atomic E-state index is 12.2. The largest absolute Gasteiger partial charge is 0.493 e. The molecule has 1 amide bonds. The number of carboxylic acids is 1. The number of carbonyl (C=O) groups is 2. The van der Waals surface area contributed by atoms with Crippen LogP contribution in [-0.2, 0) is 14.3 Å². The van der Waals surface area contributed by atoms with Gasteiger partial charge in [-0.05, 0) is 70.4 Å². The summed E-state index contributed by atoms with van der Waals surface area (Å²) in [4.78, 5) is 23.0. The molecule has 0 saturated heterocycles. The summed E-state index contributed by atoms with van der Waals surface area (Å²) < 4.78 is 17.3. The number of ether oxygens (including phenoxy) is 3. The fourth-order valence-corrected chi connectivity index (χ4v) is 4.26. The van der Waals surface area contributed by atoms with Crippen LogP contribution in [0.1, 0.15) is 84.1 Å². The van der Waals surface area contributed by atoms with E-state index in [1.165, 1.54) is 0 Å². The van der Waals surface area contributed by atoms with E-state index in [9.17, 15) is 9.59 Å². The Hall–Kier alpha value is -2.32. The Balaban J connectivity index is 1.82. The lowest BCUT2D eigenvalue weighted by atomic mass is 9.82. The molecule has 0 aromatic heterocycles. The lowest BCUT2D eigenvalue weighted by molar-refractivity contribution is -0.137. The van der Waals surface area contributed by atoms with Crippen LogP contribution in [0.15, 0.2) is 24.3 Å². The molecule has 4 N–H and O–H groups in total. The predicted molar refractivity (Wildman–Crippen MR) is 131 cm³/mol. The summed E-state index contributed by atoms with van der Waals surface area (Å²) in [5.74, 6) is 0.262. The zero-order valence-electron chi connectivity index (χ0n) is 21.0. The molecule has 1 saturated carbocycles. The monoisotopic (exact) mass is 478 g/mol. The highest BCUT2D eigenvalue weighted by atomic mass is 16.6. The number of hydrogen-bond acceptors (Lipinski definition) is 6. The number of hydrogen-bond donors (Lipinski definition) is 3. The molecule has 34 heavy (non-hydrogen) atoms. The van der Waals surface area contributed by atoms with Crippen molar-refractivity contribution in [1.82, 2.24) is 5.32 Å².